The Hall–Kier alpha value is -3.95. The minimum Gasteiger partial charge on any atom is -0.503 e. The van der Waals surface area contributed by atoms with Gasteiger partial charge in [0.25, 0.3) is 11.8 Å². The maximum atomic E-state index is 15.2. The molecule has 2 aliphatic carbocycles. The maximum Gasteiger partial charge on any atom is 0.303 e. The lowest BCUT2D eigenvalue weighted by Crippen LogP contribution is -2.60. The van der Waals surface area contributed by atoms with Gasteiger partial charge in [0.15, 0.2) is 44.5 Å². The Bertz CT molecular complexity index is 1940. The summed E-state index contributed by atoms with van der Waals surface area (Å²) in [6.07, 6.45) is 1.63. The molecule has 0 bridgehead atoms. The van der Waals surface area contributed by atoms with Crippen LogP contribution in [-0.4, -0.2) is 68.1 Å². The number of fused-ring (bicyclic) bond motifs is 4. The van der Waals surface area contributed by atoms with Gasteiger partial charge in [-0.25, -0.2) is 26.9 Å². The van der Waals surface area contributed by atoms with Crippen LogP contribution in [0, 0.1) is 46.8 Å². The van der Waals surface area contributed by atoms with Crippen LogP contribution in [0.4, 0.5) is 27.6 Å². The molecule has 2 heterocycles. The van der Waals surface area contributed by atoms with Crippen LogP contribution >= 0.6 is 34.8 Å². The third-order valence-corrected chi connectivity index (χ3v) is 11.9. The predicted octanol–water partition coefficient (Wildman–Crippen LogP) is 5.96. The molecule has 272 valence electrons. The smallest absolute Gasteiger partial charge is 0.303 e. The molecule has 10 nitrogen and oxygen atoms in total. The fourth-order valence-corrected chi connectivity index (χ4v) is 9.02. The molecule has 0 spiro atoms. The van der Waals surface area contributed by atoms with Crippen LogP contribution in [0.15, 0.2) is 23.8 Å². The number of carboxylic acids is 1. The van der Waals surface area contributed by atoms with Crippen molar-refractivity contribution in [1.82, 2.24) is 4.90 Å². The van der Waals surface area contributed by atoms with Crippen LogP contribution in [0.2, 0.25) is 5.02 Å². The third kappa shape index (κ3) is 5.20. The van der Waals surface area contributed by atoms with Gasteiger partial charge < -0.3 is 14.9 Å². The number of carbonyl (C=O) groups excluding carboxylic acids is 4. The number of phenolic OH excluding ortho intramolecular Hbond substituents is 1. The van der Waals surface area contributed by atoms with E-state index in [2.05, 4.69) is 0 Å². The number of halogens is 8. The van der Waals surface area contributed by atoms with Gasteiger partial charge in [0.05, 0.1) is 24.0 Å². The number of rotatable bonds is 9. The number of phenols is 1. The summed E-state index contributed by atoms with van der Waals surface area (Å²) in [6.45, 7) is -0.0442. The van der Waals surface area contributed by atoms with Crippen LogP contribution in [0.1, 0.15) is 50.0 Å². The minimum absolute atomic E-state index is 0.0442. The zero-order chi connectivity index (χ0) is 37.5. The van der Waals surface area contributed by atoms with Crippen molar-refractivity contribution in [1.29, 1.82) is 0 Å². The van der Waals surface area contributed by atoms with Crippen LogP contribution in [0.3, 0.4) is 0 Å². The first-order valence-corrected chi connectivity index (χ1v) is 16.7. The normalized spacial score (nSPS) is 28.5. The molecule has 0 radical (unpaired) electrons. The molecule has 1 saturated carbocycles. The monoisotopic (exact) mass is 778 g/mol. The number of anilines is 1. The molecule has 2 aromatic rings. The number of aliphatic carboxylic acids is 1. The number of alkyl halides is 2. The lowest BCUT2D eigenvalue weighted by atomic mass is 9.56. The lowest BCUT2D eigenvalue weighted by Gasteiger charge is -2.50. The van der Waals surface area contributed by atoms with E-state index < -0.39 is 110 Å². The highest BCUT2D eigenvalue weighted by Crippen LogP contribution is 2.66. The van der Waals surface area contributed by atoms with Crippen molar-refractivity contribution in [3.63, 3.8) is 0 Å². The minimum atomic E-state index is -2.78. The van der Waals surface area contributed by atoms with Gasteiger partial charge >= 0.3 is 5.97 Å². The number of ether oxygens (including phenoxy) is 1. The Morgan fingerprint density at radius 3 is 2.16 bits per heavy atom. The quantitative estimate of drug-likeness (QED) is 0.0605. The SMILES string of the molecule is COc1cc(C2C3=CCC4C(=O)N(CCCCCC(=O)O)C(=O)C4C3CC3(Cl)C(=O)N(c4c(F)c(F)c(F)c(F)c4F)C(=O)C23Cl)cc(Cl)c1O. The number of benzene rings is 2. The number of amides is 4. The average molecular weight is 780 g/mol. The van der Waals surface area contributed by atoms with Crippen molar-refractivity contribution in [2.24, 2.45) is 17.8 Å². The van der Waals surface area contributed by atoms with E-state index in [4.69, 9.17) is 44.6 Å². The number of likely N-dealkylation sites (tertiary alicyclic amines) is 1. The number of imide groups is 2. The highest BCUT2D eigenvalue weighted by molar-refractivity contribution is 6.58. The summed E-state index contributed by atoms with van der Waals surface area (Å²) in [4.78, 5) is 62.2. The fourth-order valence-electron chi connectivity index (χ4n) is 7.87. The number of aromatic hydroxyl groups is 1. The van der Waals surface area contributed by atoms with Crippen molar-refractivity contribution in [2.75, 3.05) is 18.6 Å². The Kier molecular flexibility index (Phi) is 9.33. The summed E-state index contributed by atoms with van der Waals surface area (Å²) in [6, 6.07) is 2.33. The van der Waals surface area contributed by atoms with Crippen LogP contribution in [-0.2, 0) is 24.0 Å². The molecule has 18 heteroatoms. The highest BCUT2D eigenvalue weighted by atomic mass is 35.5. The fraction of sp³-hybridized carbons (Fsp3) is 0.424. The van der Waals surface area contributed by atoms with Gasteiger partial charge in [-0.2, -0.15) is 0 Å². The zero-order valence-electron chi connectivity index (χ0n) is 26.3. The standard InChI is InChI=1S/C33H26Cl3F5N2O8/c1-51-17-10-12(9-16(34)27(17)46)20-13-6-7-14-19(29(48)42(28(14)47)8-4-2-3-5-18(44)45)15(13)11-32(35)30(49)43(31(50)33(20,32)36)26-24(40)22(38)21(37)23(39)25(26)41/h6,9-10,14-15,19-20,46H,2-5,7-8,11H2,1H3,(H,44,45). The molecule has 2 aliphatic heterocycles. The predicted molar refractivity (Wildman–Crippen MR) is 169 cm³/mol. The Balaban J connectivity index is 1.50. The van der Waals surface area contributed by atoms with Crippen molar-refractivity contribution >= 4 is 70.1 Å². The molecule has 6 unspecified atom stereocenters. The van der Waals surface area contributed by atoms with E-state index in [1.54, 1.807) is 0 Å². The summed E-state index contributed by atoms with van der Waals surface area (Å²) in [5.74, 6) is -23.7. The molecule has 2 saturated heterocycles. The number of methoxy groups -OCH3 is 1. The number of unbranched alkanes of at least 4 members (excludes halogenated alkanes) is 2. The first-order valence-electron chi connectivity index (χ1n) is 15.6. The number of allylic oxidation sites excluding steroid dienone is 2. The Labute approximate surface area is 300 Å². The molecule has 6 atom stereocenters. The molecular weight excluding hydrogens is 754 g/mol. The van der Waals surface area contributed by atoms with E-state index >= 15 is 8.78 Å². The van der Waals surface area contributed by atoms with E-state index in [9.17, 15) is 42.3 Å². The largest absolute Gasteiger partial charge is 0.503 e. The van der Waals surface area contributed by atoms with E-state index in [1.165, 1.54) is 19.3 Å². The second-order valence-electron chi connectivity index (χ2n) is 12.8. The van der Waals surface area contributed by atoms with Gasteiger partial charge in [0, 0.05) is 18.9 Å². The summed E-state index contributed by atoms with van der Waals surface area (Å²) in [7, 11) is 1.17. The van der Waals surface area contributed by atoms with Gasteiger partial charge in [0.1, 0.15) is 5.69 Å². The molecule has 51 heavy (non-hydrogen) atoms. The highest BCUT2D eigenvalue weighted by Gasteiger charge is 2.77. The van der Waals surface area contributed by atoms with Crippen molar-refractivity contribution < 1.29 is 60.9 Å². The number of carbonyl (C=O) groups is 5. The van der Waals surface area contributed by atoms with Crippen LogP contribution in [0.25, 0.3) is 0 Å². The molecule has 2 aromatic carbocycles. The summed E-state index contributed by atoms with van der Waals surface area (Å²) in [5.41, 5.74) is -1.76. The molecule has 3 fully saturated rings. The molecule has 2 N–H and O–H groups in total. The van der Waals surface area contributed by atoms with Crippen molar-refractivity contribution in [3.8, 4) is 11.5 Å². The van der Waals surface area contributed by atoms with E-state index in [1.807, 2.05) is 0 Å². The van der Waals surface area contributed by atoms with E-state index in [0.29, 0.717) is 12.8 Å². The second-order valence-corrected chi connectivity index (χ2v) is 14.4. The van der Waals surface area contributed by atoms with E-state index in [-0.39, 0.29) is 52.6 Å². The zero-order valence-corrected chi connectivity index (χ0v) is 28.5. The molecule has 4 amide bonds. The third-order valence-electron chi connectivity index (χ3n) is 10.2. The van der Waals surface area contributed by atoms with Crippen LogP contribution in [0.5, 0.6) is 11.5 Å². The number of hydrogen-bond donors (Lipinski definition) is 2. The van der Waals surface area contributed by atoms with Gasteiger partial charge in [-0.3, -0.25) is 28.9 Å². The van der Waals surface area contributed by atoms with Gasteiger partial charge in [-0.15, -0.1) is 23.2 Å². The Morgan fingerprint density at radius 1 is 0.922 bits per heavy atom. The summed E-state index contributed by atoms with van der Waals surface area (Å²) in [5, 5.41) is 19.0. The van der Waals surface area contributed by atoms with Crippen molar-refractivity contribution in [3.05, 3.63) is 63.5 Å². The average Bonchev–Trinajstić information content (AvgIpc) is 3.41. The molecular formula is C33H26Cl3F5N2O8. The Morgan fingerprint density at radius 2 is 1.55 bits per heavy atom. The van der Waals surface area contributed by atoms with Gasteiger partial charge in [-0.05, 0) is 49.3 Å². The maximum absolute atomic E-state index is 15.2. The molecule has 6 rings (SSSR count). The summed E-state index contributed by atoms with van der Waals surface area (Å²) < 4.78 is 78.4. The first kappa shape index (κ1) is 36.8. The second kappa shape index (κ2) is 12.9. The van der Waals surface area contributed by atoms with Crippen molar-refractivity contribution in [2.45, 2.75) is 54.2 Å². The number of hydrogen-bond acceptors (Lipinski definition) is 7. The molecule has 4 aliphatic rings. The topological polar surface area (TPSA) is 142 Å². The van der Waals surface area contributed by atoms with E-state index in [0.717, 1.165) is 11.0 Å². The van der Waals surface area contributed by atoms with Crippen LogP contribution < -0.4 is 9.64 Å². The number of nitrogens with zero attached hydrogens (tertiary/aromatic N) is 2. The molecule has 0 aromatic heterocycles. The number of carboxylic acid groups (broad SMARTS) is 1. The lowest BCUT2D eigenvalue weighted by molar-refractivity contribution is -0.141. The summed E-state index contributed by atoms with van der Waals surface area (Å²) >= 11 is 20.5. The van der Waals surface area contributed by atoms with Gasteiger partial charge in [-0.1, -0.05) is 29.7 Å². The van der Waals surface area contributed by atoms with Gasteiger partial charge in [0.2, 0.25) is 17.6 Å². The first-order chi connectivity index (χ1) is 23.9.